The van der Waals surface area contributed by atoms with Gasteiger partial charge in [-0.3, -0.25) is 9.59 Å². The number of thiophene rings is 1. The molecule has 0 unspecified atom stereocenters. The second-order valence-electron chi connectivity index (χ2n) is 6.08. The van der Waals surface area contributed by atoms with Gasteiger partial charge in [0.25, 0.3) is 0 Å². The predicted octanol–water partition coefficient (Wildman–Crippen LogP) is 4.62. The zero-order chi connectivity index (χ0) is 20.9. The molecule has 2 heterocycles. The van der Waals surface area contributed by atoms with Gasteiger partial charge in [0.1, 0.15) is 5.82 Å². The number of carbonyl (C=O) groups excluding carboxylic acids is 2. The fraction of sp³-hybridized carbons (Fsp3) is 0.389. The summed E-state index contributed by atoms with van der Waals surface area (Å²) in [6, 6.07) is 2.61. The number of rotatable bonds is 8. The molecule has 2 N–H and O–H groups in total. The van der Waals surface area contributed by atoms with Crippen molar-refractivity contribution in [3.63, 3.8) is 0 Å². The van der Waals surface area contributed by atoms with E-state index in [9.17, 15) is 22.8 Å². The van der Waals surface area contributed by atoms with Crippen LogP contribution in [-0.2, 0) is 11.0 Å². The number of aryl methyl sites for hydroxylation is 2. The maximum atomic E-state index is 12.6. The summed E-state index contributed by atoms with van der Waals surface area (Å²) >= 11 is 7.33. The topological polar surface area (TPSA) is 71.1 Å². The average Bonchev–Trinajstić information content (AvgIpc) is 2.95. The Morgan fingerprint density at radius 3 is 2.46 bits per heavy atom. The van der Waals surface area contributed by atoms with E-state index in [-0.39, 0.29) is 48.5 Å². The van der Waals surface area contributed by atoms with E-state index in [1.165, 1.54) is 0 Å². The van der Waals surface area contributed by atoms with Crippen molar-refractivity contribution in [2.45, 2.75) is 32.9 Å². The number of nitrogens with zero attached hydrogens (tertiary/aromatic N) is 1. The molecule has 0 saturated heterocycles. The zero-order valence-corrected chi connectivity index (χ0v) is 16.8. The molecule has 0 fully saturated rings. The number of pyridine rings is 1. The van der Waals surface area contributed by atoms with Gasteiger partial charge < -0.3 is 10.6 Å². The lowest BCUT2D eigenvalue weighted by Gasteiger charge is -2.11. The molecular formula is C18H19ClF3N3O2S. The molecule has 0 aliphatic carbocycles. The van der Waals surface area contributed by atoms with E-state index in [1.807, 2.05) is 19.9 Å². The Kier molecular flexibility index (Phi) is 7.42. The van der Waals surface area contributed by atoms with Crippen molar-refractivity contribution in [1.82, 2.24) is 10.3 Å². The van der Waals surface area contributed by atoms with Crippen molar-refractivity contribution in [3.05, 3.63) is 44.2 Å². The number of hydrogen-bond donors (Lipinski definition) is 2. The summed E-state index contributed by atoms with van der Waals surface area (Å²) in [5.41, 5.74) is -0.281. The Hall–Kier alpha value is -2.13. The molecule has 0 bridgehead atoms. The molecule has 2 aromatic rings. The van der Waals surface area contributed by atoms with Crippen LogP contribution in [0.3, 0.4) is 0 Å². The number of ketones is 1. The first-order valence-electron chi connectivity index (χ1n) is 8.41. The zero-order valence-electron chi connectivity index (χ0n) is 15.2. The van der Waals surface area contributed by atoms with Crippen LogP contribution >= 0.6 is 22.9 Å². The number of alkyl halides is 3. The van der Waals surface area contributed by atoms with Crippen LogP contribution in [0.15, 0.2) is 18.3 Å². The number of aromatic nitrogens is 1. The Labute approximate surface area is 169 Å². The summed E-state index contributed by atoms with van der Waals surface area (Å²) in [5.74, 6) is -0.260. The van der Waals surface area contributed by atoms with Gasteiger partial charge in [-0.1, -0.05) is 11.6 Å². The largest absolute Gasteiger partial charge is 0.417 e. The SMILES string of the molecule is Cc1cc(C(=O)CCC(=O)NCCNc2ncc(C(F)(F)F)cc2Cl)c(C)s1. The first-order valence-corrected chi connectivity index (χ1v) is 9.61. The third-order valence-corrected chi connectivity index (χ3v) is 5.08. The van der Waals surface area contributed by atoms with E-state index in [0.717, 1.165) is 15.8 Å². The molecule has 0 aliphatic rings. The number of hydrogen-bond acceptors (Lipinski definition) is 5. The summed E-state index contributed by atoms with van der Waals surface area (Å²) in [4.78, 5) is 29.6. The lowest BCUT2D eigenvalue weighted by Crippen LogP contribution is -2.29. The minimum atomic E-state index is -4.51. The highest BCUT2D eigenvalue weighted by Gasteiger charge is 2.31. The number of halogens is 4. The predicted molar refractivity (Wildman–Crippen MR) is 103 cm³/mol. The van der Waals surface area contributed by atoms with Crippen LogP contribution in [0.25, 0.3) is 0 Å². The second kappa shape index (κ2) is 9.38. The van der Waals surface area contributed by atoms with Crippen molar-refractivity contribution in [2.75, 3.05) is 18.4 Å². The van der Waals surface area contributed by atoms with Crippen LogP contribution in [-0.4, -0.2) is 29.8 Å². The van der Waals surface area contributed by atoms with E-state index in [2.05, 4.69) is 15.6 Å². The van der Waals surface area contributed by atoms with Gasteiger partial charge in [-0.2, -0.15) is 13.2 Å². The Morgan fingerprint density at radius 1 is 1.18 bits per heavy atom. The summed E-state index contributed by atoms with van der Waals surface area (Å²) in [6.45, 7) is 4.23. The monoisotopic (exact) mass is 433 g/mol. The molecule has 5 nitrogen and oxygen atoms in total. The lowest BCUT2D eigenvalue weighted by atomic mass is 10.1. The molecule has 0 aliphatic heterocycles. The number of Topliss-reactive ketones (excluding diaryl/α,β-unsaturated/α-hetero) is 1. The van der Waals surface area contributed by atoms with Gasteiger partial charge in [0, 0.05) is 47.4 Å². The van der Waals surface area contributed by atoms with Crippen molar-refractivity contribution in [2.24, 2.45) is 0 Å². The van der Waals surface area contributed by atoms with E-state index in [1.54, 1.807) is 11.3 Å². The highest BCUT2D eigenvalue weighted by molar-refractivity contribution is 7.12. The van der Waals surface area contributed by atoms with Gasteiger partial charge in [0.15, 0.2) is 5.78 Å². The van der Waals surface area contributed by atoms with Gasteiger partial charge in [0.2, 0.25) is 5.91 Å². The molecule has 0 atom stereocenters. The van der Waals surface area contributed by atoms with Gasteiger partial charge >= 0.3 is 6.18 Å². The summed E-state index contributed by atoms with van der Waals surface area (Å²) < 4.78 is 37.7. The fourth-order valence-electron chi connectivity index (χ4n) is 2.46. The highest BCUT2D eigenvalue weighted by Crippen LogP contribution is 2.32. The first kappa shape index (κ1) is 22.2. The van der Waals surface area contributed by atoms with Crippen LogP contribution < -0.4 is 10.6 Å². The third kappa shape index (κ3) is 6.20. The normalized spacial score (nSPS) is 11.4. The summed E-state index contributed by atoms with van der Waals surface area (Å²) in [7, 11) is 0. The number of nitrogens with one attached hydrogen (secondary N) is 2. The molecule has 10 heteroatoms. The van der Waals surface area contributed by atoms with Crippen LogP contribution in [0.4, 0.5) is 19.0 Å². The summed E-state index contributed by atoms with van der Waals surface area (Å²) in [5, 5.41) is 5.23. The number of carbonyl (C=O) groups is 2. The Balaban J connectivity index is 1.73. The summed E-state index contributed by atoms with van der Waals surface area (Å²) in [6.07, 6.45) is -3.65. The molecule has 28 heavy (non-hydrogen) atoms. The minimum Gasteiger partial charge on any atom is -0.367 e. The van der Waals surface area contributed by atoms with E-state index >= 15 is 0 Å². The van der Waals surface area contributed by atoms with Crippen molar-refractivity contribution in [1.29, 1.82) is 0 Å². The van der Waals surface area contributed by atoms with Crippen LogP contribution in [0.2, 0.25) is 5.02 Å². The van der Waals surface area contributed by atoms with Crippen molar-refractivity contribution < 1.29 is 22.8 Å². The van der Waals surface area contributed by atoms with Gasteiger partial charge in [-0.15, -0.1) is 11.3 Å². The van der Waals surface area contributed by atoms with Crippen molar-refractivity contribution >= 4 is 40.4 Å². The van der Waals surface area contributed by atoms with E-state index in [0.29, 0.717) is 11.8 Å². The average molecular weight is 434 g/mol. The third-order valence-electron chi connectivity index (χ3n) is 3.83. The highest BCUT2D eigenvalue weighted by atomic mass is 35.5. The molecule has 1 amide bonds. The minimum absolute atomic E-state index is 0.0620. The second-order valence-corrected chi connectivity index (χ2v) is 7.95. The van der Waals surface area contributed by atoms with Crippen LogP contribution in [0, 0.1) is 13.8 Å². The molecule has 2 aromatic heterocycles. The van der Waals surface area contributed by atoms with Crippen LogP contribution in [0.1, 0.15) is 38.5 Å². The molecule has 0 spiro atoms. The molecule has 0 radical (unpaired) electrons. The number of amides is 1. The van der Waals surface area contributed by atoms with E-state index < -0.39 is 11.7 Å². The van der Waals surface area contributed by atoms with Gasteiger partial charge in [-0.05, 0) is 26.0 Å². The van der Waals surface area contributed by atoms with E-state index in [4.69, 9.17) is 11.6 Å². The number of anilines is 1. The van der Waals surface area contributed by atoms with Crippen molar-refractivity contribution in [3.8, 4) is 0 Å². The molecule has 0 saturated carbocycles. The Morgan fingerprint density at radius 2 is 1.89 bits per heavy atom. The maximum absolute atomic E-state index is 12.6. The smallest absolute Gasteiger partial charge is 0.367 e. The maximum Gasteiger partial charge on any atom is 0.417 e. The Bertz CT molecular complexity index is 868. The van der Waals surface area contributed by atoms with Gasteiger partial charge in [0.05, 0.1) is 10.6 Å². The molecule has 152 valence electrons. The molecule has 0 aromatic carbocycles. The molecule has 2 rings (SSSR count). The standard InChI is InChI=1S/C18H19ClF3N3O2S/c1-10-7-13(11(2)28-10)15(26)3-4-16(27)23-5-6-24-17-14(19)8-12(9-25-17)18(20,21)22/h7-9H,3-6H2,1-2H3,(H,23,27)(H,24,25). The van der Waals surface area contributed by atoms with Gasteiger partial charge in [-0.25, -0.2) is 4.98 Å². The quantitative estimate of drug-likeness (QED) is 0.470. The lowest BCUT2D eigenvalue weighted by molar-refractivity contribution is -0.137. The molecular weight excluding hydrogens is 415 g/mol. The van der Waals surface area contributed by atoms with Crippen LogP contribution in [0.5, 0.6) is 0 Å². The fourth-order valence-corrected chi connectivity index (χ4v) is 3.64. The first-order chi connectivity index (χ1) is 13.1.